The number of rotatable bonds is 2. The molecule has 4 heterocycles. The summed E-state index contributed by atoms with van der Waals surface area (Å²) in [7, 11) is 0. The summed E-state index contributed by atoms with van der Waals surface area (Å²) in [5, 5.41) is 1.21. The van der Waals surface area contributed by atoms with Crippen LogP contribution in [0.4, 0.5) is 0 Å². The Labute approximate surface area is 226 Å². The molecule has 0 aliphatic heterocycles. The average molecular weight is 630 g/mol. The van der Waals surface area contributed by atoms with E-state index in [1.165, 1.54) is 12.3 Å². The smallest absolute Gasteiger partial charge is 0.216 e. The fraction of sp³-hybridized carbons (Fsp3) is 0.0690. The summed E-state index contributed by atoms with van der Waals surface area (Å²) in [5.41, 5.74) is 2.41. The maximum Gasteiger partial charge on any atom is 0.216 e. The van der Waals surface area contributed by atoms with Gasteiger partial charge in [0.25, 0.3) is 0 Å². The minimum atomic E-state index is -2.37. The molecule has 4 aromatic heterocycles. The van der Waals surface area contributed by atoms with Gasteiger partial charge in [-0.1, -0.05) is 35.2 Å². The van der Waals surface area contributed by atoms with Crippen LogP contribution in [0.3, 0.4) is 0 Å². The summed E-state index contributed by atoms with van der Waals surface area (Å²) >= 11 is 0. The van der Waals surface area contributed by atoms with Crippen molar-refractivity contribution in [3.05, 3.63) is 115 Å². The first kappa shape index (κ1) is 13.9. The van der Waals surface area contributed by atoms with E-state index in [1.807, 2.05) is 18.2 Å². The molecule has 1 radical (unpaired) electrons. The first-order valence-corrected chi connectivity index (χ1v) is 9.88. The van der Waals surface area contributed by atoms with Crippen molar-refractivity contribution in [2.24, 2.45) is 0 Å². The van der Waals surface area contributed by atoms with Gasteiger partial charge in [-0.05, 0) is 48.8 Å². The van der Waals surface area contributed by atoms with Crippen LogP contribution in [0.2, 0.25) is 0 Å². The van der Waals surface area contributed by atoms with Crippen LogP contribution >= 0.6 is 0 Å². The Kier molecular flexibility index (Phi) is 4.30. The Morgan fingerprint density at radius 3 is 2.65 bits per heavy atom. The van der Waals surface area contributed by atoms with Crippen molar-refractivity contribution in [2.75, 3.05) is 0 Å². The molecule has 169 valence electrons. The van der Waals surface area contributed by atoms with Gasteiger partial charge in [0.2, 0.25) is 5.71 Å². The third-order valence-electron chi connectivity index (χ3n) is 4.75. The third-order valence-corrected chi connectivity index (χ3v) is 4.75. The van der Waals surface area contributed by atoms with Crippen LogP contribution in [0, 0.1) is 25.8 Å². The normalized spacial score (nSPS) is 15.4. The number of nitrogens with zero attached hydrogens (tertiary/aromatic N) is 3. The van der Waals surface area contributed by atoms with E-state index in [9.17, 15) is 0 Å². The van der Waals surface area contributed by atoms with Gasteiger partial charge in [-0.25, -0.2) is 4.98 Å². The molecule has 0 N–H and O–H groups in total. The standard InChI is InChI=1S/C17H11N2O.C12H10N.Ir/c1-11-8-9-13-12-5-4-6-14(15-7-2-3-10-18-15)16(12)20-17(13)19-11;1-10-7-8-12(13-9-10)11-5-3-2-4-6-11;/h2-5,7-10H,1H3;2-5,7-9H,1H3;/q2*-1;/i1D3,2D,3D,7D,10D;1D3;. The summed E-state index contributed by atoms with van der Waals surface area (Å²) in [6, 6.07) is 21.9. The molecule has 0 unspecified atom stereocenters. The van der Waals surface area contributed by atoms with Gasteiger partial charge in [0.05, 0.1) is 11.1 Å². The average Bonchev–Trinajstić information content (AvgIpc) is 3.36. The second-order valence-electron chi connectivity index (χ2n) is 6.90. The molecule has 4 nitrogen and oxygen atoms in total. The number of aromatic nitrogens is 3. The number of hydrogen-bond acceptors (Lipinski definition) is 4. The molecule has 2 aromatic carbocycles. The second-order valence-corrected chi connectivity index (χ2v) is 6.90. The molecule has 0 fully saturated rings. The first-order valence-electron chi connectivity index (χ1n) is 14.9. The zero-order chi connectivity index (χ0) is 31.1. The second kappa shape index (κ2) is 10.5. The minimum Gasteiger partial charge on any atom is -0.486 e. The third kappa shape index (κ3) is 4.96. The fourth-order valence-corrected chi connectivity index (χ4v) is 3.25. The van der Waals surface area contributed by atoms with Gasteiger partial charge in [0, 0.05) is 51.8 Å². The Bertz CT molecular complexity index is 1940. The Morgan fingerprint density at radius 1 is 0.882 bits per heavy atom. The van der Waals surface area contributed by atoms with Crippen molar-refractivity contribution >= 4 is 22.1 Å². The Balaban J connectivity index is 0.000000223. The molecule has 0 aliphatic rings. The van der Waals surface area contributed by atoms with Crippen LogP contribution in [-0.2, 0) is 20.1 Å². The predicted molar refractivity (Wildman–Crippen MR) is 132 cm³/mol. The summed E-state index contributed by atoms with van der Waals surface area (Å²) < 4.78 is 81.2. The molecule has 0 bridgehead atoms. The van der Waals surface area contributed by atoms with Crippen LogP contribution < -0.4 is 0 Å². The number of pyridine rings is 3. The van der Waals surface area contributed by atoms with E-state index < -0.39 is 32.0 Å². The summed E-state index contributed by atoms with van der Waals surface area (Å²) in [6.45, 7) is -4.46. The SMILES string of the molecule is [2H]C([2H])([2H])c1ccc(-c2[c-]cccc2)nc1.[2H]c1nc(-c2[c-]ccc3c2oc2nc(C([2H])([2H])[2H])ccc23)c([2H])c([2H])c1[2H].[Ir]. The number of hydrogen-bond donors (Lipinski definition) is 0. The summed E-state index contributed by atoms with van der Waals surface area (Å²) in [6.07, 6.45) is 0.971. The summed E-state index contributed by atoms with van der Waals surface area (Å²) in [5.74, 6) is 0. The Hall–Kier alpha value is -3.66. The number of fused-ring (bicyclic) bond motifs is 3. The zero-order valence-corrected chi connectivity index (χ0v) is 19.8. The zero-order valence-electron chi connectivity index (χ0n) is 27.4. The van der Waals surface area contributed by atoms with Crippen molar-refractivity contribution in [1.82, 2.24) is 15.0 Å². The van der Waals surface area contributed by atoms with Gasteiger partial charge in [-0.3, -0.25) is 0 Å². The Morgan fingerprint density at radius 2 is 1.85 bits per heavy atom. The number of benzene rings is 2. The maximum absolute atomic E-state index is 8.09. The molecular weight excluding hydrogens is 599 g/mol. The van der Waals surface area contributed by atoms with E-state index in [1.54, 1.807) is 36.4 Å². The van der Waals surface area contributed by atoms with Gasteiger partial charge < -0.3 is 14.4 Å². The molecule has 5 heteroatoms. The predicted octanol–water partition coefficient (Wildman–Crippen LogP) is 7.01. The van der Waals surface area contributed by atoms with E-state index in [0.29, 0.717) is 10.8 Å². The fourth-order valence-electron chi connectivity index (χ4n) is 3.25. The van der Waals surface area contributed by atoms with Crippen molar-refractivity contribution < 1.29 is 38.2 Å². The molecule has 0 atom stereocenters. The van der Waals surface area contributed by atoms with Crippen LogP contribution in [0.25, 0.3) is 44.6 Å². The first-order chi connectivity index (χ1) is 20.3. The van der Waals surface area contributed by atoms with Gasteiger partial charge in [0.15, 0.2) is 0 Å². The molecular formula is C29H21IrN3O-2. The molecule has 0 amide bonds. The molecule has 0 saturated heterocycles. The molecule has 0 aliphatic carbocycles. The molecule has 34 heavy (non-hydrogen) atoms. The van der Waals surface area contributed by atoms with E-state index in [2.05, 4.69) is 27.1 Å². The largest absolute Gasteiger partial charge is 0.486 e. The molecule has 6 rings (SSSR count). The quantitative estimate of drug-likeness (QED) is 0.194. The van der Waals surface area contributed by atoms with Gasteiger partial charge in [-0.2, -0.15) is 0 Å². The summed E-state index contributed by atoms with van der Waals surface area (Å²) in [4.78, 5) is 12.2. The van der Waals surface area contributed by atoms with E-state index >= 15 is 0 Å². The van der Waals surface area contributed by atoms with Crippen LogP contribution in [0.15, 0.2) is 95.6 Å². The van der Waals surface area contributed by atoms with Crippen molar-refractivity contribution in [1.29, 1.82) is 0 Å². The van der Waals surface area contributed by atoms with Crippen molar-refractivity contribution in [3.8, 4) is 22.5 Å². The topological polar surface area (TPSA) is 51.8 Å². The van der Waals surface area contributed by atoms with Gasteiger partial charge in [0.1, 0.15) is 0 Å². The van der Waals surface area contributed by atoms with E-state index in [4.69, 9.17) is 18.1 Å². The number of aryl methyl sites for hydroxylation is 2. The molecule has 6 aromatic rings. The van der Waals surface area contributed by atoms with Crippen LogP contribution in [-0.4, -0.2) is 15.0 Å². The van der Waals surface area contributed by atoms with E-state index in [0.717, 1.165) is 11.3 Å². The maximum atomic E-state index is 8.09. The van der Waals surface area contributed by atoms with Crippen molar-refractivity contribution in [2.45, 2.75) is 13.7 Å². The molecule has 0 saturated carbocycles. The minimum absolute atomic E-state index is 0. The van der Waals surface area contributed by atoms with Gasteiger partial charge in [-0.15, -0.1) is 54.1 Å². The number of furan rings is 1. The van der Waals surface area contributed by atoms with Crippen LogP contribution in [0.5, 0.6) is 0 Å². The molecule has 0 spiro atoms. The van der Waals surface area contributed by atoms with Crippen molar-refractivity contribution in [3.63, 3.8) is 0 Å². The van der Waals surface area contributed by atoms with Gasteiger partial charge >= 0.3 is 0 Å². The van der Waals surface area contributed by atoms with Crippen LogP contribution in [0.1, 0.15) is 25.0 Å². The monoisotopic (exact) mass is 630 g/mol. The van der Waals surface area contributed by atoms with E-state index in [-0.39, 0.29) is 60.0 Å².